The van der Waals surface area contributed by atoms with Gasteiger partial charge in [-0.3, -0.25) is 9.59 Å². The number of unbranched alkanes of at least 4 members (excludes halogenated alkanes) is 3. The van der Waals surface area contributed by atoms with Crippen molar-refractivity contribution in [3.63, 3.8) is 0 Å². The third-order valence-corrected chi connectivity index (χ3v) is 16.2. The summed E-state index contributed by atoms with van der Waals surface area (Å²) in [5.74, 6) is -1.74. The molecule has 7 rings (SSSR count). The van der Waals surface area contributed by atoms with Crippen molar-refractivity contribution in [1.29, 1.82) is 0 Å². The largest absolute Gasteiger partial charge is 1.00 e. The molecular formula is C50H54N3Na2O17S4-. The van der Waals surface area contributed by atoms with E-state index in [2.05, 4.69) is 0 Å². The maximum atomic E-state index is 12.5. The topological polar surface area (TPSA) is 300 Å². The molecule has 1 unspecified atom stereocenters. The number of allylic oxidation sites excluding steroid dienone is 7. The Morgan fingerprint density at radius 3 is 2.01 bits per heavy atom. The monoisotopic (exact) mass is 1140 g/mol. The zero-order chi connectivity index (χ0) is 54.0. The molecule has 0 radical (unpaired) electrons. The third-order valence-electron chi connectivity index (χ3n) is 13.4. The first-order valence-electron chi connectivity index (χ1n) is 23.7. The smallest absolute Gasteiger partial charge is 0.748 e. The van der Waals surface area contributed by atoms with Gasteiger partial charge in [0.2, 0.25) is 5.69 Å². The van der Waals surface area contributed by atoms with Crippen molar-refractivity contribution in [2.45, 2.75) is 119 Å². The molecule has 0 bridgehead atoms. The second-order valence-electron chi connectivity index (χ2n) is 19.2. The Balaban J connectivity index is 0.00000533. The first-order chi connectivity index (χ1) is 34.6. The van der Waals surface area contributed by atoms with Crippen LogP contribution in [0, 0.1) is 0 Å². The Hall–Kier alpha value is -3.86. The number of carbonyl (C=O) groups excluding carboxylic acids is 3. The van der Waals surface area contributed by atoms with Crippen molar-refractivity contribution in [3.05, 3.63) is 119 Å². The van der Waals surface area contributed by atoms with Crippen molar-refractivity contribution in [2.75, 3.05) is 23.7 Å². The van der Waals surface area contributed by atoms with E-state index in [0.717, 1.165) is 23.5 Å². The van der Waals surface area contributed by atoms with E-state index < -0.39 is 85.9 Å². The predicted octanol–water partition coefficient (Wildman–Crippen LogP) is 0.226. The van der Waals surface area contributed by atoms with Gasteiger partial charge in [0.05, 0.1) is 25.3 Å². The van der Waals surface area contributed by atoms with Crippen LogP contribution in [0.5, 0.6) is 11.5 Å². The maximum absolute atomic E-state index is 12.5. The molecule has 26 heteroatoms. The van der Waals surface area contributed by atoms with E-state index in [4.69, 9.17) is 13.8 Å². The van der Waals surface area contributed by atoms with Crippen LogP contribution in [0.1, 0.15) is 109 Å². The molecule has 1 atom stereocenters. The van der Waals surface area contributed by atoms with E-state index >= 15 is 0 Å². The molecule has 1 aliphatic carbocycles. The Bertz CT molecular complexity index is 3280. The predicted molar refractivity (Wildman–Crippen MR) is 264 cm³/mol. The fourth-order valence-corrected chi connectivity index (χ4v) is 11.4. The molecule has 76 heavy (non-hydrogen) atoms. The summed E-state index contributed by atoms with van der Waals surface area (Å²) in [6.07, 6.45) is 10.8. The number of ether oxygens (including phenoxy) is 1. The molecule has 1 saturated heterocycles. The molecule has 3 aliphatic heterocycles. The minimum absolute atomic E-state index is 0. The van der Waals surface area contributed by atoms with E-state index in [1.54, 1.807) is 18.2 Å². The minimum atomic E-state index is -4.83. The van der Waals surface area contributed by atoms with Crippen LogP contribution in [-0.2, 0) is 71.8 Å². The van der Waals surface area contributed by atoms with Gasteiger partial charge in [-0.1, -0.05) is 26.3 Å². The number of imide groups is 1. The molecule has 20 nitrogen and oxygen atoms in total. The van der Waals surface area contributed by atoms with Crippen LogP contribution in [0.25, 0.3) is 0 Å². The first kappa shape index (κ1) is 63.0. The maximum Gasteiger partial charge on any atom is 1.00 e. The Morgan fingerprint density at radius 2 is 1.38 bits per heavy atom. The molecule has 398 valence electrons. The molecular weight excluding hydrogens is 1090 g/mol. The number of amides is 2. The standard InChI is InChI=1S/C50H57N3O17S4.2Na/c1-49(2)39-31-36(70-71(57)58)18-22-41(39)52(29-8-9-30-72(59,60)61)43(49)24-14-33-11-10-12-34(48(33)68-35-16-19-37(20-17-35)73(62,63)64)15-25-44-50(3,4)40-32-38(74(65,66)67)21-23-42(40)51(44)28-7-5-6-13-47(56)69-53-45(54)26-27-46(53)55;;/h14-25,31-32H,5-13,26-30H2,1-4H3,(H3-,57,58,59,60,61,62,63,64,65,66,67);;/q;2*+1/p-3. The molecule has 4 aliphatic rings. The summed E-state index contributed by atoms with van der Waals surface area (Å²) >= 11 is -2.85. The molecule has 0 spiro atoms. The zero-order valence-corrected chi connectivity index (χ0v) is 50.2. The van der Waals surface area contributed by atoms with Crippen LogP contribution in [0.2, 0.25) is 0 Å². The number of rotatable bonds is 21. The average Bonchev–Trinajstić information content (AvgIpc) is 3.82. The number of hydroxylamine groups is 2. The fraction of sp³-hybridized carbons (Fsp3) is 0.400. The summed E-state index contributed by atoms with van der Waals surface area (Å²) in [6, 6.07) is 14.0. The molecule has 2 amide bonds. The minimum Gasteiger partial charge on any atom is -0.748 e. The van der Waals surface area contributed by atoms with Crippen LogP contribution in [0.4, 0.5) is 11.4 Å². The quantitative estimate of drug-likeness (QED) is 0.0344. The summed E-state index contributed by atoms with van der Waals surface area (Å²) < 4.78 is 143. The molecule has 0 saturated carbocycles. The number of benzene rings is 3. The van der Waals surface area contributed by atoms with Crippen LogP contribution in [0.3, 0.4) is 0 Å². The fourth-order valence-electron chi connectivity index (χ4n) is 9.65. The molecule has 0 N–H and O–H groups in total. The Labute approximate surface area is 489 Å². The van der Waals surface area contributed by atoms with Crippen LogP contribution >= 0.6 is 0 Å². The van der Waals surface area contributed by atoms with Gasteiger partial charge in [0, 0.05) is 72.5 Å². The van der Waals surface area contributed by atoms with E-state index in [9.17, 15) is 62.1 Å². The van der Waals surface area contributed by atoms with Gasteiger partial charge in [-0.25, -0.2) is 34.3 Å². The van der Waals surface area contributed by atoms with Gasteiger partial charge in [-0.05, 0) is 136 Å². The number of fused-ring (bicyclic) bond motifs is 2. The molecule has 1 fully saturated rings. The van der Waals surface area contributed by atoms with Crippen molar-refractivity contribution in [3.8, 4) is 11.5 Å². The van der Waals surface area contributed by atoms with Gasteiger partial charge in [-0.15, -0.1) is 5.06 Å². The van der Waals surface area contributed by atoms with E-state index in [1.807, 2.05) is 61.5 Å². The SMILES string of the molecule is CC1(C)C(/C=C/C2=C(Oc3ccc(S(=O)(=O)[O-])cc3)C(=C/C=C3/N(CCCCCC(=O)ON4C(=O)CCC4=O)c4ccc(S(=O)(=O)[O-])cc4C3(C)C)/CCC2)=[N+](CCCCS(=O)(=O)[O-])c2ccc(OS(=O)[O-])cc21.[Na+].[Na+]. The van der Waals surface area contributed by atoms with Crippen molar-refractivity contribution in [1.82, 2.24) is 5.06 Å². The number of nitrogens with zero attached hydrogens (tertiary/aromatic N) is 3. The van der Waals surface area contributed by atoms with Gasteiger partial charge in [-0.2, -0.15) is 4.58 Å². The van der Waals surface area contributed by atoms with E-state index in [0.29, 0.717) is 103 Å². The van der Waals surface area contributed by atoms with Gasteiger partial charge in [0.1, 0.15) is 55.4 Å². The summed E-state index contributed by atoms with van der Waals surface area (Å²) in [6.45, 7) is 8.32. The van der Waals surface area contributed by atoms with Crippen molar-refractivity contribution < 1.29 is 140 Å². The summed E-state index contributed by atoms with van der Waals surface area (Å²) in [4.78, 5) is 42.5. The van der Waals surface area contributed by atoms with Crippen molar-refractivity contribution >= 4 is 76.6 Å². The van der Waals surface area contributed by atoms with Gasteiger partial charge < -0.3 is 36.9 Å². The summed E-state index contributed by atoms with van der Waals surface area (Å²) in [7, 11) is -14.1. The summed E-state index contributed by atoms with van der Waals surface area (Å²) in [5, 5.41) is 0.502. The average molecular weight is 1140 g/mol. The van der Waals surface area contributed by atoms with Gasteiger partial charge >= 0.3 is 65.1 Å². The second-order valence-corrected chi connectivity index (χ2v) is 24.0. The number of hydrogen-bond donors (Lipinski definition) is 0. The molecule has 3 aromatic rings. The van der Waals surface area contributed by atoms with Gasteiger partial charge in [0.25, 0.3) is 11.8 Å². The number of carbonyl (C=O) groups is 3. The first-order valence-corrected chi connectivity index (χ1v) is 29.1. The number of hydrogen-bond acceptors (Lipinski definition) is 18. The molecule has 0 aromatic heterocycles. The van der Waals surface area contributed by atoms with E-state index in [-0.39, 0.29) is 96.3 Å². The van der Waals surface area contributed by atoms with Gasteiger partial charge in [0.15, 0.2) is 5.71 Å². The van der Waals surface area contributed by atoms with Crippen molar-refractivity contribution in [2.24, 2.45) is 0 Å². The molecule has 3 aromatic carbocycles. The summed E-state index contributed by atoms with van der Waals surface area (Å²) in [5.41, 5.74) is 3.87. The third kappa shape index (κ3) is 15.1. The zero-order valence-electron chi connectivity index (χ0n) is 42.9. The van der Waals surface area contributed by atoms with Crippen LogP contribution in [-0.4, -0.2) is 99.6 Å². The van der Waals surface area contributed by atoms with Crippen LogP contribution in [0.15, 0.2) is 117 Å². The van der Waals surface area contributed by atoms with E-state index in [1.165, 1.54) is 30.3 Å². The Kier molecular flexibility index (Phi) is 21.1. The number of anilines is 1. The second kappa shape index (κ2) is 25.5. The Morgan fingerprint density at radius 1 is 0.737 bits per heavy atom. The van der Waals surface area contributed by atoms with Crippen LogP contribution < -0.4 is 72.9 Å². The normalized spacial score (nSPS) is 18.7. The molecule has 3 heterocycles.